The Hall–Kier alpha value is -2.68. The largest absolute Gasteiger partial charge is 0.454 e. The van der Waals surface area contributed by atoms with Crippen LogP contribution in [0.25, 0.3) is 22.4 Å². The van der Waals surface area contributed by atoms with Gasteiger partial charge in [-0.15, -0.1) is 11.3 Å². The molecule has 1 amide bonds. The predicted octanol–water partition coefficient (Wildman–Crippen LogP) is 5.40. The van der Waals surface area contributed by atoms with Crippen LogP contribution in [0.3, 0.4) is 0 Å². The van der Waals surface area contributed by atoms with Crippen LogP contribution in [0.5, 0.6) is 0 Å². The van der Waals surface area contributed by atoms with E-state index in [0.29, 0.717) is 21.6 Å². The minimum absolute atomic E-state index is 0.0758. The number of nitrogens with zero attached hydrogens (tertiary/aromatic N) is 1. The molecule has 0 aliphatic rings. The number of fused-ring (bicyclic) bond motifs is 1. The summed E-state index contributed by atoms with van der Waals surface area (Å²) < 4.78 is 30.4. The summed E-state index contributed by atoms with van der Waals surface area (Å²) in [6, 6.07) is 15.6. The van der Waals surface area contributed by atoms with E-state index >= 15 is 0 Å². The molecule has 0 atom stereocenters. The highest BCUT2D eigenvalue weighted by molar-refractivity contribution is 7.91. The molecule has 2 aromatic heterocycles. The number of nitrogens with one attached hydrogen (secondary N) is 1. The lowest BCUT2D eigenvalue weighted by molar-refractivity contribution is -0.116. The van der Waals surface area contributed by atoms with E-state index in [1.54, 1.807) is 5.38 Å². The number of thiazole rings is 1. The van der Waals surface area contributed by atoms with Crippen molar-refractivity contribution >= 4 is 54.8 Å². The van der Waals surface area contributed by atoms with E-state index in [4.69, 9.17) is 16.0 Å². The lowest BCUT2D eigenvalue weighted by Crippen LogP contribution is -2.14. The van der Waals surface area contributed by atoms with Gasteiger partial charge in [0, 0.05) is 22.2 Å². The van der Waals surface area contributed by atoms with Crippen LogP contribution in [0.2, 0.25) is 5.02 Å². The predicted molar refractivity (Wildman–Crippen MR) is 119 cm³/mol. The first-order valence-electron chi connectivity index (χ1n) is 9.13. The molecule has 0 saturated heterocycles. The Bertz CT molecular complexity index is 1260. The maximum Gasteiger partial charge on any atom is 0.226 e. The highest BCUT2D eigenvalue weighted by Gasteiger charge is 2.16. The smallest absolute Gasteiger partial charge is 0.226 e. The summed E-state index contributed by atoms with van der Waals surface area (Å²) in [6.07, 6.45) is 0.283. The first-order chi connectivity index (χ1) is 14.4. The molecule has 0 bridgehead atoms. The number of carbonyl (C=O) groups excluding carboxylic acids is 1. The Kier molecular flexibility index (Phi) is 5.90. The second-order valence-electron chi connectivity index (χ2n) is 6.61. The zero-order valence-electron chi connectivity index (χ0n) is 15.7. The summed E-state index contributed by atoms with van der Waals surface area (Å²) in [4.78, 5) is 16.8. The number of hydrogen-bond acceptors (Lipinski definition) is 6. The Morgan fingerprint density at radius 3 is 2.67 bits per heavy atom. The molecule has 0 aliphatic heterocycles. The fourth-order valence-corrected chi connectivity index (χ4v) is 5.07. The Balaban J connectivity index is 1.33. The number of hydrogen-bond donors (Lipinski definition) is 1. The standard InChI is InChI=1S/C21H17ClN2O4S2/c22-15-7-9-16(10-8-15)30(26,27)11-3-6-20(25)24-21-23-17(13-29-21)19-12-14-4-1-2-5-18(14)28-19/h1-2,4-5,7-10,12-13H,3,6,11H2,(H,23,24,25). The van der Waals surface area contributed by atoms with Crippen LogP contribution in [-0.2, 0) is 14.6 Å². The monoisotopic (exact) mass is 460 g/mol. The van der Waals surface area contributed by atoms with Crippen LogP contribution in [0.4, 0.5) is 5.13 Å². The van der Waals surface area contributed by atoms with Gasteiger partial charge in [-0.05, 0) is 42.8 Å². The molecule has 9 heteroatoms. The molecule has 0 unspecified atom stereocenters. The van der Waals surface area contributed by atoms with Crippen molar-refractivity contribution in [3.8, 4) is 11.5 Å². The summed E-state index contributed by atoms with van der Waals surface area (Å²) in [7, 11) is -3.45. The van der Waals surface area contributed by atoms with E-state index in [-0.39, 0.29) is 29.4 Å². The molecule has 0 radical (unpaired) electrons. The summed E-state index contributed by atoms with van der Waals surface area (Å²) >= 11 is 7.07. The van der Waals surface area contributed by atoms with Gasteiger partial charge in [0.1, 0.15) is 11.3 Å². The zero-order valence-corrected chi connectivity index (χ0v) is 18.1. The first-order valence-corrected chi connectivity index (χ1v) is 12.0. The van der Waals surface area contributed by atoms with Crippen molar-refractivity contribution in [2.24, 2.45) is 0 Å². The van der Waals surface area contributed by atoms with E-state index in [0.717, 1.165) is 11.0 Å². The average Bonchev–Trinajstić information content (AvgIpc) is 3.34. The Morgan fingerprint density at radius 1 is 1.13 bits per heavy atom. The second-order valence-corrected chi connectivity index (χ2v) is 10.0. The molecule has 154 valence electrons. The Labute approximate surface area is 182 Å². The number of benzene rings is 2. The summed E-state index contributed by atoms with van der Waals surface area (Å²) in [5.41, 5.74) is 1.41. The molecule has 0 spiro atoms. The van der Waals surface area contributed by atoms with Gasteiger partial charge in [-0.1, -0.05) is 29.8 Å². The molecule has 1 N–H and O–H groups in total. The molecular formula is C21H17ClN2O4S2. The Morgan fingerprint density at radius 2 is 1.90 bits per heavy atom. The molecule has 6 nitrogen and oxygen atoms in total. The fourth-order valence-electron chi connectivity index (χ4n) is 2.92. The van der Waals surface area contributed by atoms with Crippen LogP contribution in [0.1, 0.15) is 12.8 Å². The summed E-state index contributed by atoms with van der Waals surface area (Å²) in [6.45, 7) is 0. The number of rotatable bonds is 7. The van der Waals surface area contributed by atoms with Crippen LogP contribution in [-0.4, -0.2) is 25.1 Å². The lowest BCUT2D eigenvalue weighted by Gasteiger charge is -2.05. The maximum atomic E-state index is 12.3. The molecule has 30 heavy (non-hydrogen) atoms. The lowest BCUT2D eigenvalue weighted by atomic mass is 10.2. The van der Waals surface area contributed by atoms with Gasteiger partial charge in [0.25, 0.3) is 0 Å². The van der Waals surface area contributed by atoms with Crippen molar-refractivity contribution in [1.82, 2.24) is 4.98 Å². The topological polar surface area (TPSA) is 89.3 Å². The van der Waals surface area contributed by atoms with Crippen molar-refractivity contribution in [1.29, 1.82) is 0 Å². The molecule has 4 aromatic rings. The molecule has 2 aromatic carbocycles. The third-order valence-electron chi connectivity index (χ3n) is 4.42. The number of anilines is 1. The highest BCUT2D eigenvalue weighted by Crippen LogP contribution is 2.30. The second kappa shape index (κ2) is 8.59. The van der Waals surface area contributed by atoms with E-state index in [1.165, 1.54) is 35.6 Å². The molecular weight excluding hydrogens is 444 g/mol. The van der Waals surface area contributed by atoms with Crippen LogP contribution < -0.4 is 5.32 Å². The average molecular weight is 461 g/mol. The van der Waals surface area contributed by atoms with Crippen molar-refractivity contribution in [2.75, 3.05) is 11.1 Å². The molecule has 0 aliphatic carbocycles. The van der Waals surface area contributed by atoms with Gasteiger partial charge in [-0.25, -0.2) is 13.4 Å². The summed E-state index contributed by atoms with van der Waals surface area (Å²) in [5.74, 6) is 0.221. The van der Waals surface area contributed by atoms with E-state index < -0.39 is 9.84 Å². The van der Waals surface area contributed by atoms with Gasteiger partial charge in [0.15, 0.2) is 20.7 Å². The number of para-hydroxylation sites is 1. The quantitative estimate of drug-likeness (QED) is 0.398. The van der Waals surface area contributed by atoms with E-state index in [9.17, 15) is 13.2 Å². The first kappa shape index (κ1) is 20.6. The van der Waals surface area contributed by atoms with E-state index in [2.05, 4.69) is 10.3 Å². The van der Waals surface area contributed by atoms with Gasteiger partial charge in [0.05, 0.1) is 10.6 Å². The minimum atomic E-state index is -3.45. The van der Waals surface area contributed by atoms with Crippen molar-refractivity contribution in [3.05, 3.63) is 65.0 Å². The van der Waals surface area contributed by atoms with Gasteiger partial charge >= 0.3 is 0 Å². The highest BCUT2D eigenvalue weighted by atomic mass is 35.5. The van der Waals surface area contributed by atoms with Crippen molar-refractivity contribution in [2.45, 2.75) is 17.7 Å². The van der Waals surface area contributed by atoms with Gasteiger partial charge < -0.3 is 9.73 Å². The van der Waals surface area contributed by atoms with Crippen LogP contribution in [0.15, 0.2) is 69.3 Å². The van der Waals surface area contributed by atoms with Gasteiger partial charge in [-0.3, -0.25) is 4.79 Å². The maximum absolute atomic E-state index is 12.3. The number of sulfone groups is 1. The summed E-state index contributed by atoms with van der Waals surface area (Å²) in [5, 5.41) is 6.41. The number of halogens is 1. The molecule has 4 rings (SSSR count). The number of amides is 1. The van der Waals surface area contributed by atoms with Gasteiger partial charge in [0.2, 0.25) is 5.91 Å². The van der Waals surface area contributed by atoms with Gasteiger partial charge in [-0.2, -0.15) is 0 Å². The van der Waals surface area contributed by atoms with Crippen molar-refractivity contribution < 1.29 is 17.6 Å². The SMILES string of the molecule is O=C(CCCS(=O)(=O)c1ccc(Cl)cc1)Nc1nc(-c2cc3ccccc3o2)cs1. The van der Waals surface area contributed by atoms with E-state index in [1.807, 2.05) is 30.3 Å². The third-order valence-corrected chi connectivity index (χ3v) is 7.24. The van der Waals surface area contributed by atoms with Crippen LogP contribution in [0, 0.1) is 0 Å². The number of aromatic nitrogens is 1. The third kappa shape index (κ3) is 4.72. The zero-order chi connectivity index (χ0) is 21.1. The minimum Gasteiger partial charge on any atom is -0.454 e. The number of furan rings is 1. The molecule has 0 fully saturated rings. The van der Waals surface area contributed by atoms with Crippen LogP contribution >= 0.6 is 22.9 Å². The number of carbonyl (C=O) groups is 1. The fraction of sp³-hybridized carbons (Fsp3) is 0.143. The van der Waals surface area contributed by atoms with Crippen molar-refractivity contribution in [3.63, 3.8) is 0 Å². The molecule has 0 saturated carbocycles. The normalized spacial score (nSPS) is 11.6. The molecule has 2 heterocycles.